The first kappa shape index (κ1) is 18.5. The summed E-state index contributed by atoms with van der Waals surface area (Å²) < 4.78 is 7.24. The van der Waals surface area contributed by atoms with E-state index in [0.717, 1.165) is 23.5 Å². The van der Waals surface area contributed by atoms with Crippen LogP contribution in [0.5, 0.6) is 0 Å². The molecule has 6 nitrogen and oxygen atoms in total. The van der Waals surface area contributed by atoms with E-state index in [2.05, 4.69) is 28.9 Å². The van der Waals surface area contributed by atoms with E-state index in [-0.39, 0.29) is 5.57 Å². The van der Waals surface area contributed by atoms with Crippen molar-refractivity contribution in [3.8, 4) is 6.07 Å². The van der Waals surface area contributed by atoms with Gasteiger partial charge in [0.2, 0.25) is 0 Å². The lowest BCUT2D eigenvalue weighted by Crippen LogP contribution is -2.14. The molecule has 132 valence electrons. The van der Waals surface area contributed by atoms with E-state index in [1.54, 1.807) is 19.9 Å². The Hall–Kier alpha value is -2.81. The molecular formula is C19H24N4O2. The van der Waals surface area contributed by atoms with Crippen LogP contribution in [0.1, 0.15) is 42.3 Å². The molecule has 6 heteroatoms. The van der Waals surface area contributed by atoms with Crippen LogP contribution in [0.15, 0.2) is 16.2 Å². The molecule has 0 saturated heterocycles. The van der Waals surface area contributed by atoms with Crippen LogP contribution in [0.4, 0.5) is 5.69 Å². The van der Waals surface area contributed by atoms with Gasteiger partial charge in [0.1, 0.15) is 23.0 Å². The smallest absolute Gasteiger partial charge is 0.266 e. The number of hydrogen-bond donors (Lipinski definition) is 1. The normalized spacial score (nSPS) is 11.7. The molecular weight excluding hydrogens is 316 g/mol. The van der Waals surface area contributed by atoms with Gasteiger partial charge in [-0.3, -0.25) is 4.79 Å². The van der Waals surface area contributed by atoms with E-state index in [1.165, 1.54) is 0 Å². The zero-order chi connectivity index (χ0) is 18.7. The largest absolute Gasteiger partial charge is 0.359 e. The number of carbonyl (C=O) groups excluding carboxylic acids is 1. The van der Waals surface area contributed by atoms with Crippen molar-refractivity contribution in [2.45, 2.75) is 48.1 Å². The third-order valence-electron chi connectivity index (χ3n) is 4.10. The van der Waals surface area contributed by atoms with Crippen molar-refractivity contribution in [2.75, 3.05) is 5.32 Å². The molecule has 0 unspecified atom stereocenters. The standard InChI is InChI=1S/C19H24N4O2/c1-11(2)10-23-12(3)7-16(14(23)5)8-17(9-20)19(24)21-18-13(4)22-25-15(18)6/h7-8,11H,10H2,1-6H3,(H,21,24)/b17-8-. The molecule has 2 aromatic rings. The maximum Gasteiger partial charge on any atom is 0.266 e. The highest BCUT2D eigenvalue weighted by Gasteiger charge is 2.17. The fourth-order valence-electron chi connectivity index (χ4n) is 2.77. The van der Waals surface area contributed by atoms with Gasteiger partial charge in [0, 0.05) is 17.9 Å². The molecule has 0 saturated carbocycles. The second-order valence-electron chi connectivity index (χ2n) is 6.65. The third kappa shape index (κ3) is 4.00. The Balaban J connectivity index is 2.32. The number of nitrogens with one attached hydrogen (secondary N) is 1. The van der Waals surface area contributed by atoms with E-state index in [4.69, 9.17) is 4.52 Å². The van der Waals surface area contributed by atoms with Crippen molar-refractivity contribution in [3.63, 3.8) is 0 Å². The van der Waals surface area contributed by atoms with Crippen molar-refractivity contribution in [1.29, 1.82) is 5.26 Å². The lowest BCUT2D eigenvalue weighted by molar-refractivity contribution is -0.112. The van der Waals surface area contributed by atoms with Crippen LogP contribution in [0.25, 0.3) is 6.08 Å². The van der Waals surface area contributed by atoms with Gasteiger partial charge in [-0.15, -0.1) is 0 Å². The number of nitriles is 1. The Kier molecular flexibility index (Phi) is 5.48. The van der Waals surface area contributed by atoms with Crippen molar-refractivity contribution >= 4 is 17.7 Å². The Morgan fingerprint density at radius 1 is 1.40 bits per heavy atom. The van der Waals surface area contributed by atoms with Crippen LogP contribution >= 0.6 is 0 Å². The SMILES string of the molecule is Cc1noc(C)c1NC(=O)/C(C#N)=C\c1cc(C)n(CC(C)C)c1C. The van der Waals surface area contributed by atoms with Crippen LogP contribution in [0.2, 0.25) is 0 Å². The Labute approximate surface area is 148 Å². The van der Waals surface area contributed by atoms with Gasteiger partial charge in [0.25, 0.3) is 5.91 Å². The molecule has 0 fully saturated rings. The molecule has 0 bridgehead atoms. The van der Waals surface area contributed by atoms with Gasteiger partial charge < -0.3 is 14.4 Å². The summed E-state index contributed by atoms with van der Waals surface area (Å²) in [6.07, 6.45) is 1.63. The minimum atomic E-state index is -0.467. The lowest BCUT2D eigenvalue weighted by Gasteiger charge is -2.12. The fraction of sp³-hybridized carbons (Fsp3) is 0.421. The lowest BCUT2D eigenvalue weighted by atomic mass is 10.1. The second kappa shape index (κ2) is 7.39. The number of hydrogen-bond acceptors (Lipinski definition) is 4. The predicted octanol–water partition coefficient (Wildman–Crippen LogP) is 3.91. The summed E-state index contributed by atoms with van der Waals surface area (Å²) in [6.45, 7) is 12.7. The molecule has 0 aromatic carbocycles. The summed E-state index contributed by atoms with van der Waals surface area (Å²) in [5.74, 6) is 0.559. The monoisotopic (exact) mass is 340 g/mol. The molecule has 2 aromatic heterocycles. The van der Waals surface area contributed by atoms with Crippen molar-refractivity contribution in [1.82, 2.24) is 9.72 Å². The van der Waals surface area contributed by atoms with E-state index in [1.807, 2.05) is 26.0 Å². The molecule has 0 atom stereocenters. The number of anilines is 1. The van der Waals surface area contributed by atoms with Crippen molar-refractivity contribution in [3.05, 3.63) is 40.0 Å². The molecule has 0 aliphatic carbocycles. The minimum Gasteiger partial charge on any atom is -0.359 e. The molecule has 1 amide bonds. The number of aromatic nitrogens is 2. The van der Waals surface area contributed by atoms with Gasteiger partial charge in [-0.05, 0) is 51.3 Å². The molecule has 1 N–H and O–H groups in total. The minimum absolute atomic E-state index is 0.0461. The fourth-order valence-corrected chi connectivity index (χ4v) is 2.77. The topological polar surface area (TPSA) is 83.8 Å². The quantitative estimate of drug-likeness (QED) is 0.660. The average Bonchev–Trinajstić information content (AvgIpc) is 2.99. The average molecular weight is 340 g/mol. The summed E-state index contributed by atoms with van der Waals surface area (Å²) in [7, 11) is 0. The van der Waals surface area contributed by atoms with Crippen LogP contribution in [0, 0.1) is 44.9 Å². The Morgan fingerprint density at radius 3 is 2.60 bits per heavy atom. The van der Waals surface area contributed by atoms with E-state index >= 15 is 0 Å². The molecule has 2 rings (SSSR count). The first-order chi connectivity index (χ1) is 11.7. The first-order valence-corrected chi connectivity index (χ1v) is 8.27. The van der Waals surface area contributed by atoms with E-state index < -0.39 is 5.91 Å². The molecule has 0 aliphatic rings. The summed E-state index contributed by atoms with van der Waals surface area (Å²) in [6, 6.07) is 3.99. The van der Waals surface area contributed by atoms with Gasteiger partial charge in [0.05, 0.1) is 0 Å². The van der Waals surface area contributed by atoms with Gasteiger partial charge in [-0.2, -0.15) is 5.26 Å². The number of carbonyl (C=O) groups is 1. The third-order valence-corrected chi connectivity index (χ3v) is 4.10. The van der Waals surface area contributed by atoms with Crippen molar-refractivity contribution in [2.24, 2.45) is 5.92 Å². The van der Waals surface area contributed by atoms with Gasteiger partial charge in [-0.1, -0.05) is 19.0 Å². The van der Waals surface area contributed by atoms with Gasteiger partial charge >= 0.3 is 0 Å². The number of aryl methyl sites for hydroxylation is 3. The van der Waals surface area contributed by atoms with Crippen LogP contribution in [-0.4, -0.2) is 15.6 Å². The zero-order valence-electron chi connectivity index (χ0n) is 15.6. The number of rotatable bonds is 5. The second-order valence-corrected chi connectivity index (χ2v) is 6.65. The van der Waals surface area contributed by atoms with Crippen LogP contribution in [-0.2, 0) is 11.3 Å². The maximum absolute atomic E-state index is 12.5. The van der Waals surface area contributed by atoms with Crippen LogP contribution in [0.3, 0.4) is 0 Å². The number of amides is 1. The highest BCUT2D eigenvalue weighted by molar-refractivity contribution is 6.10. The summed E-state index contributed by atoms with van der Waals surface area (Å²) >= 11 is 0. The Morgan fingerprint density at radius 2 is 2.08 bits per heavy atom. The maximum atomic E-state index is 12.5. The summed E-state index contributed by atoms with van der Waals surface area (Å²) in [5.41, 5.74) is 4.17. The molecule has 2 heterocycles. The highest BCUT2D eigenvalue weighted by Crippen LogP contribution is 2.22. The predicted molar refractivity (Wildman–Crippen MR) is 96.9 cm³/mol. The number of nitrogens with zero attached hydrogens (tertiary/aromatic N) is 3. The van der Waals surface area contributed by atoms with Gasteiger partial charge in [0.15, 0.2) is 5.76 Å². The van der Waals surface area contributed by atoms with Crippen molar-refractivity contribution < 1.29 is 9.32 Å². The first-order valence-electron chi connectivity index (χ1n) is 8.27. The highest BCUT2D eigenvalue weighted by atomic mass is 16.5. The molecule has 0 radical (unpaired) electrons. The Bertz CT molecular complexity index is 843. The molecule has 0 aliphatic heterocycles. The molecule has 25 heavy (non-hydrogen) atoms. The van der Waals surface area contributed by atoms with E-state index in [9.17, 15) is 10.1 Å². The van der Waals surface area contributed by atoms with E-state index in [0.29, 0.717) is 23.1 Å². The zero-order valence-corrected chi connectivity index (χ0v) is 15.6. The summed E-state index contributed by atoms with van der Waals surface area (Å²) in [4.78, 5) is 12.5. The van der Waals surface area contributed by atoms with Crippen LogP contribution < -0.4 is 5.32 Å². The van der Waals surface area contributed by atoms with Gasteiger partial charge in [-0.25, -0.2) is 0 Å². The summed E-state index contributed by atoms with van der Waals surface area (Å²) in [5, 5.41) is 15.9. The molecule has 0 spiro atoms.